The van der Waals surface area contributed by atoms with Gasteiger partial charge in [-0.05, 0) is 31.6 Å². The van der Waals surface area contributed by atoms with Crippen molar-refractivity contribution in [1.29, 1.82) is 0 Å². The van der Waals surface area contributed by atoms with Gasteiger partial charge in [-0.25, -0.2) is 0 Å². The summed E-state index contributed by atoms with van der Waals surface area (Å²) in [6.45, 7) is 3.78. The molecule has 0 spiro atoms. The molecule has 0 aromatic heterocycles. The Balaban J connectivity index is 2.00. The van der Waals surface area contributed by atoms with E-state index in [1.807, 2.05) is 4.90 Å². The molecule has 0 aromatic carbocycles. The Morgan fingerprint density at radius 2 is 1.56 bits per heavy atom. The van der Waals surface area contributed by atoms with Crippen molar-refractivity contribution in [1.82, 2.24) is 4.90 Å². The zero-order valence-electron chi connectivity index (χ0n) is 11.1. The number of carbonyl (C=O) groups excluding carboxylic acids is 2. The molecule has 0 unspecified atom stereocenters. The van der Waals surface area contributed by atoms with Crippen LogP contribution in [-0.4, -0.2) is 29.9 Å². The van der Waals surface area contributed by atoms with E-state index < -0.39 is 11.9 Å². The number of likely N-dealkylation sites (tertiary alicyclic amines) is 1. The van der Waals surface area contributed by atoms with E-state index >= 15 is 0 Å². The van der Waals surface area contributed by atoms with Crippen molar-refractivity contribution < 1.29 is 14.7 Å². The van der Waals surface area contributed by atoms with Crippen LogP contribution >= 0.6 is 0 Å². The van der Waals surface area contributed by atoms with E-state index in [2.05, 4.69) is 6.92 Å². The van der Waals surface area contributed by atoms with Gasteiger partial charge in [-0.15, -0.1) is 0 Å². The highest BCUT2D eigenvalue weighted by Gasteiger charge is 2.35. The van der Waals surface area contributed by atoms with Crippen molar-refractivity contribution in [2.75, 3.05) is 13.1 Å². The minimum atomic E-state index is -1.04. The number of hydrogen-bond acceptors (Lipinski definition) is 3. The predicted molar refractivity (Wildman–Crippen MR) is 65.4 cm³/mol. The monoisotopic (exact) mass is 252 g/mol. The first-order valence-electron chi connectivity index (χ1n) is 7.09. The van der Waals surface area contributed by atoms with Crippen LogP contribution in [0.1, 0.15) is 45.4 Å². The van der Waals surface area contributed by atoms with Gasteiger partial charge in [0.15, 0.2) is 0 Å². The molecular formula is C14H22NO3-. The molecule has 2 aliphatic rings. The molecule has 1 aliphatic carbocycles. The van der Waals surface area contributed by atoms with Crippen LogP contribution in [0.2, 0.25) is 0 Å². The van der Waals surface area contributed by atoms with Gasteiger partial charge in [-0.3, -0.25) is 4.79 Å². The van der Waals surface area contributed by atoms with Gasteiger partial charge in [0.25, 0.3) is 0 Å². The molecule has 0 radical (unpaired) electrons. The van der Waals surface area contributed by atoms with Crippen LogP contribution < -0.4 is 5.11 Å². The van der Waals surface area contributed by atoms with Crippen molar-refractivity contribution in [2.24, 2.45) is 17.8 Å². The second-order valence-corrected chi connectivity index (χ2v) is 5.82. The Morgan fingerprint density at radius 3 is 2.11 bits per heavy atom. The summed E-state index contributed by atoms with van der Waals surface area (Å²) >= 11 is 0. The van der Waals surface area contributed by atoms with Gasteiger partial charge >= 0.3 is 0 Å². The molecule has 4 heteroatoms. The van der Waals surface area contributed by atoms with Crippen molar-refractivity contribution in [3.05, 3.63) is 0 Å². The van der Waals surface area contributed by atoms with Gasteiger partial charge in [0, 0.05) is 30.9 Å². The van der Waals surface area contributed by atoms with Gasteiger partial charge in [-0.2, -0.15) is 0 Å². The number of piperidine rings is 1. The Labute approximate surface area is 108 Å². The number of aliphatic carboxylic acids is 1. The lowest BCUT2D eigenvalue weighted by Crippen LogP contribution is -2.48. The molecule has 1 heterocycles. The van der Waals surface area contributed by atoms with E-state index in [1.165, 1.54) is 0 Å². The maximum absolute atomic E-state index is 12.4. The van der Waals surface area contributed by atoms with E-state index in [4.69, 9.17) is 0 Å². The Morgan fingerprint density at radius 1 is 1.00 bits per heavy atom. The standard InChI is InChI=1S/C14H23NO3/c1-10-6-8-15(9-7-10)13(16)11-4-2-3-5-12(11)14(17)18/h10-12H,2-9H2,1H3,(H,17,18)/p-1/t11-,12-/m1/s1. The summed E-state index contributed by atoms with van der Waals surface area (Å²) in [7, 11) is 0. The lowest BCUT2D eigenvalue weighted by atomic mass is 9.78. The zero-order chi connectivity index (χ0) is 13.1. The van der Waals surface area contributed by atoms with E-state index in [0.29, 0.717) is 18.8 Å². The molecule has 1 aliphatic heterocycles. The van der Waals surface area contributed by atoms with Crippen molar-refractivity contribution in [2.45, 2.75) is 45.4 Å². The lowest BCUT2D eigenvalue weighted by molar-refractivity contribution is -0.314. The maximum atomic E-state index is 12.4. The van der Waals surface area contributed by atoms with Crippen LogP contribution in [-0.2, 0) is 9.59 Å². The number of hydrogen-bond donors (Lipinski definition) is 0. The number of carboxylic acid groups (broad SMARTS) is 1. The number of rotatable bonds is 2. The molecule has 0 N–H and O–H groups in total. The molecule has 102 valence electrons. The van der Waals surface area contributed by atoms with Crippen LogP contribution in [0.5, 0.6) is 0 Å². The largest absolute Gasteiger partial charge is 0.550 e. The topological polar surface area (TPSA) is 60.4 Å². The average molecular weight is 252 g/mol. The summed E-state index contributed by atoms with van der Waals surface area (Å²) in [6.07, 6.45) is 5.25. The minimum absolute atomic E-state index is 0.0517. The van der Waals surface area contributed by atoms with Crippen molar-refractivity contribution >= 4 is 11.9 Å². The first-order chi connectivity index (χ1) is 8.59. The second kappa shape index (κ2) is 5.72. The number of carbonyl (C=O) groups is 2. The summed E-state index contributed by atoms with van der Waals surface area (Å²) < 4.78 is 0. The lowest BCUT2D eigenvalue weighted by Gasteiger charge is -2.37. The third kappa shape index (κ3) is 2.85. The van der Waals surface area contributed by atoms with E-state index in [9.17, 15) is 14.7 Å². The smallest absolute Gasteiger partial charge is 0.226 e. The van der Waals surface area contributed by atoms with Crippen LogP contribution in [0.15, 0.2) is 0 Å². The Bertz CT molecular complexity index is 321. The van der Waals surface area contributed by atoms with Crippen LogP contribution in [0.25, 0.3) is 0 Å². The number of nitrogens with zero attached hydrogens (tertiary/aromatic N) is 1. The van der Waals surface area contributed by atoms with Gasteiger partial charge in [0.2, 0.25) is 5.91 Å². The van der Waals surface area contributed by atoms with Crippen molar-refractivity contribution in [3.8, 4) is 0 Å². The molecule has 1 saturated carbocycles. The molecule has 0 aromatic rings. The molecule has 1 saturated heterocycles. The SMILES string of the molecule is CC1CCN(C(=O)[C@@H]2CCCC[C@H]2C(=O)[O-])CC1. The molecule has 4 nitrogen and oxygen atoms in total. The van der Waals surface area contributed by atoms with E-state index in [1.54, 1.807) is 0 Å². The normalized spacial score (nSPS) is 30.2. The molecule has 1 amide bonds. The molecule has 2 fully saturated rings. The second-order valence-electron chi connectivity index (χ2n) is 5.82. The Hall–Kier alpha value is -1.06. The fourth-order valence-electron chi connectivity index (χ4n) is 3.17. The summed E-state index contributed by atoms with van der Waals surface area (Å²) in [5, 5.41) is 11.1. The minimum Gasteiger partial charge on any atom is -0.550 e. The summed E-state index contributed by atoms with van der Waals surface area (Å²) in [5.41, 5.74) is 0. The highest BCUT2D eigenvalue weighted by Crippen LogP contribution is 2.32. The van der Waals surface area contributed by atoms with Crippen molar-refractivity contribution in [3.63, 3.8) is 0 Å². The summed E-state index contributed by atoms with van der Waals surface area (Å²) in [5.74, 6) is -1.21. The fraction of sp³-hybridized carbons (Fsp3) is 0.857. The third-order valence-electron chi connectivity index (χ3n) is 4.48. The average Bonchev–Trinajstić information content (AvgIpc) is 2.39. The van der Waals surface area contributed by atoms with Gasteiger partial charge in [-0.1, -0.05) is 19.8 Å². The van der Waals surface area contributed by atoms with Gasteiger partial charge in [0.1, 0.15) is 0 Å². The van der Waals surface area contributed by atoms with E-state index in [0.717, 1.165) is 38.8 Å². The first-order valence-corrected chi connectivity index (χ1v) is 7.09. The fourth-order valence-corrected chi connectivity index (χ4v) is 3.17. The molecule has 0 bridgehead atoms. The molecule has 2 rings (SSSR count). The highest BCUT2D eigenvalue weighted by atomic mass is 16.4. The predicted octanol–water partition coefficient (Wildman–Crippen LogP) is 0.801. The number of amides is 1. The number of carboxylic acids is 1. The first kappa shape index (κ1) is 13.4. The molecule has 18 heavy (non-hydrogen) atoms. The summed E-state index contributed by atoms with van der Waals surface area (Å²) in [4.78, 5) is 25.4. The highest BCUT2D eigenvalue weighted by molar-refractivity contribution is 5.84. The van der Waals surface area contributed by atoms with Crippen LogP contribution in [0, 0.1) is 17.8 Å². The zero-order valence-corrected chi connectivity index (χ0v) is 11.1. The third-order valence-corrected chi connectivity index (χ3v) is 4.48. The summed E-state index contributed by atoms with van der Waals surface area (Å²) in [6, 6.07) is 0. The Kier molecular flexibility index (Phi) is 4.25. The van der Waals surface area contributed by atoms with Crippen LogP contribution in [0.3, 0.4) is 0 Å². The molecule has 2 atom stereocenters. The van der Waals surface area contributed by atoms with Gasteiger partial charge < -0.3 is 14.8 Å². The van der Waals surface area contributed by atoms with E-state index in [-0.39, 0.29) is 11.8 Å². The molecular weight excluding hydrogens is 230 g/mol. The quantitative estimate of drug-likeness (QED) is 0.730. The van der Waals surface area contributed by atoms with Gasteiger partial charge in [0.05, 0.1) is 0 Å². The maximum Gasteiger partial charge on any atom is 0.226 e. The van der Waals surface area contributed by atoms with Crippen LogP contribution in [0.4, 0.5) is 0 Å².